The summed E-state index contributed by atoms with van der Waals surface area (Å²) in [6.45, 7) is 2.44. The molecule has 0 bridgehead atoms. The number of carboxylic acid groups (broad SMARTS) is 1. The number of anilines is 1. The molecule has 4 aromatic rings. The van der Waals surface area contributed by atoms with Crippen LogP contribution >= 0.6 is 0 Å². The molecule has 0 radical (unpaired) electrons. The lowest BCUT2D eigenvalue weighted by Crippen LogP contribution is -2.49. The van der Waals surface area contributed by atoms with E-state index in [1.165, 1.54) is 6.08 Å². The standard InChI is InChI=1S/C32H27BN2O3/c1-2-35-28-20-12-13-21-29(28)38-30(35)23-22-27(32(36)37)34-31(24-14-6-3-7-15-24)33(25-16-8-4-9-17-25)26-18-10-5-11-19-26/h3-23H,2H2,1H3,(H,36,37)/b27-22-,30-23-,34-31?. The molecule has 0 unspecified atom stereocenters. The Hall–Kier alpha value is -4.84. The molecule has 1 N–H and O–H groups in total. The predicted molar refractivity (Wildman–Crippen MR) is 155 cm³/mol. The summed E-state index contributed by atoms with van der Waals surface area (Å²) >= 11 is 0. The van der Waals surface area contributed by atoms with Crippen LogP contribution in [0.2, 0.25) is 0 Å². The Kier molecular flexibility index (Phi) is 7.51. The second-order valence-corrected chi connectivity index (χ2v) is 8.79. The highest BCUT2D eigenvalue weighted by Crippen LogP contribution is 2.38. The summed E-state index contributed by atoms with van der Waals surface area (Å²) in [5.74, 6) is 0.188. The Morgan fingerprint density at radius 1 is 0.842 bits per heavy atom. The lowest BCUT2D eigenvalue weighted by atomic mass is 9.36. The van der Waals surface area contributed by atoms with Crippen molar-refractivity contribution in [2.24, 2.45) is 4.99 Å². The molecule has 0 spiro atoms. The lowest BCUT2D eigenvalue weighted by Gasteiger charge is -2.18. The van der Waals surface area contributed by atoms with E-state index in [9.17, 15) is 9.90 Å². The molecule has 38 heavy (non-hydrogen) atoms. The molecular weight excluding hydrogens is 471 g/mol. The van der Waals surface area contributed by atoms with Gasteiger partial charge in [0.25, 0.3) is 6.71 Å². The number of carboxylic acids is 1. The van der Waals surface area contributed by atoms with Gasteiger partial charge in [-0.3, -0.25) is 4.99 Å². The zero-order valence-electron chi connectivity index (χ0n) is 21.1. The summed E-state index contributed by atoms with van der Waals surface area (Å²) in [4.78, 5) is 19.3. The number of hydrogen-bond acceptors (Lipinski definition) is 4. The number of allylic oxidation sites excluding steroid dienone is 2. The monoisotopic (exact) mass is 498 g/mol. The van der Waals surface area contributed by atoms with E-state index in [1.807, 2.05) is 127 Å². The Balaban J connectivity index is 1.64. The Morgan fingerprint density at radius 2 is 1.39 bits per heavy atom. The van der Waals surface area contributed by atoms with Gasteiger partial charge in [0.05, 0.1) is 5.69 Å². The van der Waals surface area contributed by atoms with Gasteiger partial charge in [-0.15, -0.1) is 0 Å². The number of aliphatic imine (C=N–C) groups is 1. The molecule has 0 saturated carbocycles. The van der Waals surface area contributed by atoms with E-state index in [2.05, 4.69) is 0 Å². The number of hydrogen-bond donors (Lipinski definition) is 1. The first-order chi connectivity index (χ1) is 18.7. The maximum Gasteiger partial charge on any atom is 0.354 e. The molecule has 0 saturated heterocycles. The smallest absolute Gasteiger partial charge is 0.354 e. The van der Waals surface area contributed by atoms with Gasteiger partial charge in [-0.25, -0.2) is 4.79 Å². The number of fused-ring (bicyclic) bond motifs is 1. The van der Waals surface area contributed by atoms with Crippen LogP contribution in [-0.4, -0.2) is 29.9 Å². The van der Waals surface area contributed by atoms with Gasteiger partial charge in [0.1, 0.15) is 5.70 Å². The fraction of sp³-hybridized carbons (Fsp3) is 0.0625. The Morgan fingerprint density at radius 3 is 1.97 bits per heavy atom. The van der Waals surface area contributed by atoms with Crippen LogP contribution in [0.25, 0.3) is 0 Å². The summed E-state index contributed by atoms with van der Waals surface area (Å²) < 4.78 is 6.02. The van der Waals surface area contributed by atoms with Gasteiger partial charge in [-0.1, -0.05) is 114 Å². The topological polar surface area (TPSA) is 62.1 Å². The average molecular weight is 498 g/mol. The highest BCUT2D eigenvalue weighted by atomic mass is 16.5. The molecule has 5 nitrogen and oxygen atoms in total. The quantitative estimate of drug-likeness (QED) is 0.210. The average Bonchev–Trinajstić information content (AvgIpc) is 3.33. The number of carbonyl (C=O) groups is 1. The van der Waals surface area contributed by atoms with E-state index in [0.717, 1.165) is 27.9 Å². The number of aliphatic carboxylic acids is 1. The molecule has 6 heteroatoms. The van der Waals surface area contributed by atoms with Gasteiger partial charge in [0.2, 0.25) is 5.88 Å². The Labute approximate surface area is 223 Å². The van der Waals surface area contributed by atoms with Gasteiger partial charge in [-0.05, 0) is 30.7 Å². The first-order valence-electron chi connectivity index (χ1n) is 12.6. The molecule has 0 amide bonds. The molecule has 0 fully saturated rings. The first-order valence-corrected chi connectivity index (χ1v) is 12.6. The maximum atomic E-state index is 12.5. The summed E-state index contributed by atoms with van der Waals surface area (Å²) in [6.07, 6.45) is 3.20. The zero-order valence-corrected chi connectivity index (χ0v) is 21.1. The second kappa shape index (κ2) is 11.5. The van der Waals surface area contributed by atoms with Crippen LogP contribution in [0.15, 0.2) is 144 Å². The predicted octanol–water partition coefficient (Wildman–Crippen LogP) is 5.05. The lowest BCUT2D eigenvalue weighted by molar-refractivity contribution is -0.132. The van der Waals surface area contributed by atoms with Gasteiger partial charge in [0, 0.05) is 18.2 Å². The van der Waals surface area contributed by atoms with E-state index in [1.54, 1.807) is 6.08 Å². The van der Waals surface area contributed by atoms with Crippen LogP contribution < -0.4 is 20.6 Å². The van der Waals surface area contributed by atoms with Crippen molar-refractivity contribution in [2.45, 2.75) is 6.92 Å². The zero-order chi connectivity index (χ0) is 26.3. The molecule has 0 atom stereocenters. The second-order valence-electron chi connectivity index (χ2n) is 8.79. The molecule has 0 aliphatic carbocycles. The Bertz CT molecular complexity index is 1460. The van der Waals surface area contributed by atoms with Crippen LogP contribution in [-0.2, 0) is 4.79 Å². The van der Waals surface area contributed by atoms with E-state index >= 15 is 0 Å². The van der Waals surface area contributed by atoms with Gasteiger partial charge < -0.3 is 14.7 Å². The number of rotatable bonds is 8. The minimum absolute atomic E-state index is 0.0798. The normalized spacial score (nSPS) is 14.2. The third kappa shape index (κ3) is 5.30. The summed E-state index contributed by atoms with van der Waals surface area (Å²) in [5, 5.41) is 10.2. The van der Waals surface area contributed by atoms with Crippen LogP contribution in [0.3, 0.4) is 0 Å². The van der Waals surface area contributed by atoms with Crippen molar-refractivity contribution in [3.05, 3.63) is 145 Å². The molecular formula is C32H27BN2O3. The summed E-state index contributed by atoms with van der Waals surface area (Å²) in [6, 6.07) is 37.6. The van der Waals surface area contributed by atoms with Crippen molar-refractivity contribution in [1.82, 2.24) is 0 Å². The SMILES string of the molecule is CCN1/C(=C/C=C(\N=C(B(c2ccccc2)c2ccccc2)c2ccccc2)C(=O)O)Oc2ccccc21. The first kappa shape index (κ1) is 24.8. The maximum absolute atomic E-state index is 12.5. The molecule has 5 rings (SSSR count). The van der Waals surface area contributed by atoms with E-state index in [0.29, 0.717) is 18.0 Å². The van der Waals surface area contributed by atoms with Crippen LogP contribution in [0.5, 0.6) is 5.75 Å². The fourth-order valence-electron chi connectivity index (χ4n) is 4.64. The van der Waals surface area contributed by atoms with Gasteiger partial charge in [0.15, 0.2) is 5.75 Å². The van der Waals surface area contributed by atoms with Crippen molar-refractivity contribution < 1.29 is 14.6 Å². The fourth-order valence-corrected chi connectivity index (χ4v) is 4.64. The highest BCUT2D eigenvalue weighted by molar-refractivity contribution is 7.10. The molecule has 1 aliphatic heterocycles. The highest BCUT2D eigenvalue weighted by Gasteiger charge is 2.28. The van der Waals surface area contributed by atoms with Crippen molar-refractivity contribution in [3.8, 4) is 5.75 Å². The third-order valence-electron chi connectivity index (χ3n) is 6.41. The number of benzene rings is 4. The van der Waals surface area contributed by atoms with Crippen LogP contribution in [0, 0.1) is 0 Å². The summed E-state index contributed by atoms with van der Waals surface area (Å²) in [5.41, 5.74) is 4.42. The molecule has 4 aromatic carbocycles. The van der Waals surface area contributed by atoms with E-state index in [-0.39, 0.29) is 12.4 Å². The minimum Gasteiger partial charge on any atom is -0.477 e. The van der Waals surface area contributed by atoms with E-state index in [4.69, 9.17) is 9.73 Å². The van der Waals surface area contributed by atoms with Crippen LogP contribution in [0.1, 0.15) is 12.5 Å². The van der Waals surface area contributed by atoms with Crippen molar-refractivity contribution in [3.63, 3.8) is 0 Å². The van der Waals surface area contributed by atoms with E-state index < -0.39 is 5.97 Å². The van der Waals surface area contributed by atoms with Crippen molar-refractivity contribution >= 4 is 34.9 Å². The van der Waals surface area contributed by atoms with Gasteiger partial charge in [-0.2, -0.15) is 0 Å². The molecule has 1 heterocycles. The minimum atomic E-state index is -1.12. The molecule has 1 aliphatic rings. The molecule has 0 aromatic heterocycles. The van der Waals surface area contributed by atoms with Crippen molar-refractivity contribution in [1.29, 1.82) is 0 Å². The van der Waals surface area contributed by atoms with Crippen molar-refractivity contribution in [2.75, 3.05) is 11.4 Å². The number of nitrogens with zero attached hydrogens (tertiary/aromatic N) is 2. The van der Waals surface area contributed by atoms with Gasteiger partial charge >= 0.3 is 5.97 Å². The number of ether oxygens (including phenoxy) is 1. The largest absolute Gasteiger partial charge is 0.477 e. The third-order valence-corrected chi connectivity index (χ3v) is 6.41. The summed E-state index contributed by atoms with van der Waals surface area (Å²) in [7, 11) is 0. The van der Waals surface area contributed by atoms with Crippen LogP contribution in [0.4, 0.5) is 5.69 Å². The molecule has 186 valence electrons. The number of para-hydroxylation sites is 2.